The van der Waals surface area contributed by atoms with Crippen LogP contribution in [0.15, 0.2) is 41.9 Å². The van der Waals surface area contributed by atoms with Crippen molar-refractivity contribution in [2.24, 2.45) is 5.73 Å². The topological polar surface area (TPSA) is 89.7 Å². The Hall–Kier alpha value is -2.12. The molecule has 0 bridgehead atoms. The first-order valence-corrected chi connectivity index (χ1v) is 7.34. The molecule has 2 heterocycles. The van der Waals surface area contributed by atoms with Crippen LogP contribution in [0.1, 0.15) is 10.8 Å². The van der Waals surface area contributed by atoms with E-state index in [1.807, 2.05) is 24.3 Å². The fraction of sp³-hybridized carbons (Fsp3) is 0.214. The van der Waals surface area contributed by atoms with E-state index in [9.17, 15) is 0 Å². The Balaban J connectivity index is 1.92. The van der Waals surface area contributed by atoms with E-state index >= 15 is 0 Å². The number of thioether (sulfide) groups is 1. The van der Waals surface area contributed by atoms with Gasteiger partial charge in [-0.1, -0.05) is 23.9 Å². The number of fused-ring (bicyclic) bond motifs is 1. The fourth-order valence-corrected chi connectivity index (χ4v) is 3.09. The predicted molar refractivity (Wildman–Crippen MR) is 82.3 cm³/mol. The molecule has 0 saturated carbocycles. The van der Waals surface area contributed by atoms with Gasteiger partial charge in [0.25, 0.3) is 0 Å². The third-order valence-electron chi connectivity index (χ3n) is 3.12. The van der Waals surface area contributed by atoms with Crippen molar-refractivity contribution in [1.82, 2.24) is 19.9 Å². The minimum atomic E-state index is 0.0847. The molecule has 1 aromatic carbocycles. The molecule has 0 aliphatic rings. The van der Waals surface area contributed by atoms with Crippen LogP contribution in [0.4, 0.5) is 0 Å². The lowest BCUT2D eigenvalue weighted by atomic mass is 10.1. The number of imidazole rings is 1. The molecule has 1 unspecified atom stereocenters. The van der Waals surface area contributed by atoms with Crippen molar-refractivity contribution in [2.75, 3.05) is 13.7 Å². The number of hydrogen-bond donors (Lipinski definition) is 2. The van der Waals surface area contributed by atoms with Crippen LogP contribution in [0.3, 0.4) is 0 Å². The van der Waals surface area contributed by atoms with Crippen molar-refractivity contribution in [2.45, 2.75) is 10.3 Å². The van der Waals surface area contributed by atoms with E-state index in [1.165, 1.54) is 6.33 Å². The fourth-order valence-electron chi connectivity index (χ4n) is 2.06. The van der Waals surface area contributed by atoms with Gasteiger partial charge in [0, 0.05) is 11.8 Å². The summed E-state index contributed by atoms with van der Waals surface area (Å²) in [6.45, 7) is 0.497. The number of ether oxygens (including phenoxy) is 1. The first-order chi connectivity index (χ1) is 10.3. The zero-order valence-electron chi connectivity index (χ0n) is 11.5. The molecule has 1 atom stereocenters. The Morgan fingerprint density at radius 2 is 2.24 bits per heavy atom. The van der Waals surface area contributed by atoms with E-state index in [-0.39, 0.29) is 5.25 Å². The van der Waals surface area contributed by atoms with E-state index in [0.717, 1.165) is 21.9 Å². The number of aromatic nitrogens is 4. The molecule has 0 spiro atoms. The molecular formula is C14H15N5OS. The first kappa shape index (κ1) is 13.8. The Labute approximate surface area is 126 Å². The van der Waals surface area contributed by atoms with Crippen LogP contribution < -0.4 is 10.5 Å². The standard InChI is InChI=1S/C14H15N5OS/c1-20-10-4-2-3-9(5-10)11(6-15)21-14-12-13(17-7-16-12)18-8-19-14/h2-5,7-8,11H,6,15H2,1H3,(H,16,17,18,19). The smallest absolute Gasteiger partial charge is 0.181 e. The maximum atomic E-state index is 5.93. The van der Waals surface area contributed by atoms with Gasteiger partial charge in [-0.2, -0.15) is 0 Å². The number of benzene rings is 1. The van der Waals surface area contributed by atoms with Crippen molar-refractivity contribution in [1.29, 1.82) is 0 Å². The highest BCUT2D eigenvalue weighted by atomic mass is 32.2. The molecule has 0 radical (unpaired) electrons. The number of aromatic amines is 1. The summed E-state index contributed by atoms with van der Waals surface area (Å²) in [7, 11) is 1.66. The second-order valence-electron chi connectivity index (χ2n) is 4.40. The summed E-state index contributed by atoms with van der Waals surface area (Å²) in [5.74, 6) is 0.820. The highest BCUT2D eigenvalue weighted by molar-refractivity contribution is 7.99. The number of nitrogens with zero attached hydrogens (tertiary/aromatic N) is 3. The molecule has 0 aliphatic heterocycles. The maximum Gasteiger partial charge on any atom is 0.181 e. The van der Waals surface area contributed by atoms with Gasteiger partial charge in [0.15, 0.2) is 5.65 Å². The van der Waals surface area contributed by atoms with Crippen molar-refractivity contribution in [3.05, 3.63) is 42.5 Å². The lowest BCUT2D eigenvalue weighted by molar-refractivity contribution is 0.414. The van der Waals surface area contributed by atoms with E-state index in [4.69, 9.17) is 10.5 Å². The minimum Gasteiger partial charge on any atom is -0.497 e. The van der Waals surface area contributed by atoms with Crippen LogP contribution in [0, 0.1) is 0 Å². The number of H-pyrrole nitrogens is 1. The molecule has 2 aromatic heterocycles. The molecule has 3 aromatic rings. The summed E-state index contributed by atoms with van der Waals surface area (Å²) >= 11 is 1.59. The quantitative estimate of drug-likeness (QED) is 0.554. The monoisotopic (exact) mass is 301 g/mol. The van der Waals surface area contributed by atoms with Crippen LogP contribution in [-0.4, -0.2) is 33.6 Å². The maximum absolute atomic E-state index is 5.93. The number of hydrogen-bond acceptors (Lipinski definition) is 6. The van der Waals surface area contributed by atoms with Crippen molar-refractivity contribution in [3.8, 4) is 5.75 Å². The molecule has 0 amide bonds. The lowest BCUT2D eigenvalue weighted by Crippen LogP contribution is -2.09. The average molecular weight is 301 g/mol. The number of nitrogens with one attached hydrogen (secondary N) is 1. The van der Waals surface area contributed by atoms with Crippen LogP contribution >= 0.6 is 11.8 Å². The van der Waals surface area contributed by atoms with Crippen molar-refractivity contribution in [3.63, 3.8) is 0 Å². The Kier molecular flexibility index (Phi) is 4.03. The van der Waals surface area contributed by atoms with Gasteiger partial charge >= 0.3 is 0 Å². The molecule has 6 nitrogen and oxygen atoms in total. The third kappa shape index (κ3) is 2.84. The molecule has 108 valence electrons. The average Bonchev–Trinajstić information content (AvgIpc) is 3.02. The highest BCUT2D eigenvalue weighted by Gasteiger charge is 2.16. The molecule has 0 saturated heterocycles. The molecule has 0 aliphatic carbocycles. The van der Waals surface area contributed by atoms with Gasteiger partial charge in [0.1, 0.15) is 22.6 Å². The summed E-state index contributed by atoms with van der Waals surface area (Å²) in [5.41, 5.74) is 8.54. The number of methoxy groups -OCH3 is 1. The van der Waals surface area contributed by atoms with E-state index in [2.05, 4.69) is 19.9 Å². The highest BCUT2D eigenvalue weighted by Crippen LogP contribution is 2.36. The molecule has 0 fully saturated rings. The molecule has 21 heavy (non-hydrogen) atoms. The van der Waals surface area contributed by atoms with E-state index in [1.54, 1.807) is 25.2 Å². The zero-order valence-corrected chi connectivity index (χ0v) is 12.3. The van der Waals surface area contributed by atoms with Crippen molar-refractivity contribution >= 4 is 22.9 Å². The van der Waals surface area contributed by atoms with Crippen LogP contribution in [0.25, 0.3) is 11.2 Å². The SMILES string of the molecule is COc1cccc(C(CN)Sc2ncnc3nc[nH]c23)c1. The molecule has 7 heteroatoms. The second-order valence-corrected chi connectivity index (χ2v) is 5.59. The lowest BCUT2D eigenvalue weighted by Gasteiger charge is -2.15. The zero-order chi connectivity index (χ0) is 14.7. The Morgan fingerprint density at radius 1 is 1.33 bits per heavy atom. The predicted octanol–water partition coefficient (Wildman–Crippen LogP) is 2.15. The van der Waals surface area contributed by atoms with Crippen LogP contribution in [0.5, 0.6) is 5.75 Å². The molecule has 3 rings (SSSR count). The first-order valence-electron chi connectivity index (χ1n) is 6.46. The van der Waals surface area contributed by atoms with Gasteiger partial charge in [-0.3, -0.25) is 0 Å². The summed E-state index contributed by atoms with van der Waals surface area (Å²) in [4.78, 5) is 15.7. The van der Waals surface area contributed by atoms with Crippen molar-refractivity contribution < 1.29 is 4.74 Å². The normalized spacial score (nSPS) is 12.5. The third-order valence-corrected chi connectivity index (χ3v) is 4.40. The largest absolute Gasteiger partial charge is 0.497 e. The Morgan fingerprint density at radius 3 is 3.05 bits per heavy atom. The second kappa shape index (κ2) is 6.11. The van der Waals surface area contributed by atoms with E-state index < -0.39 is 0 Å². The summed E-state index contributed by atoms with van der Waals surface area (Å²) in [6, 6.07) is 7.91. The summed E-state index contributed by atoms with van der Waals surface area (Å²) in [6.07, 6.45) is 3.14. The summed E-state index contributed by atoms with van der Waals surface area (Å²) in [5, 5.41) is 0.928. The van der Waals surface area contributed by atoms with Gasteiger partial charge in [0.05, 0.1) is 13.4 Å². The molecule has 3 N–H and O–H groups in total. The Bertz CT molecular complexity index is 745. The van der Waals surface area contributed by atoms with Gasteiger partial charge < -0.3 is 15.5 Å². The van der Waals surface area contributed by atoms with Gasteiger partial charge in [0.2, 0.25) is 0 Å². The minimum absolute atomic E-state index is 0.0847. The van der Waals surface area contributed by atoms with Crippen LogP contribution in [-0.2, 0) is 0 Å². The van der Waals surface area contributed by atoms with E-state index in [0.29, 0.717) is 12.2 Å². The summed E-state index contributed by atoms with van der Waals surface area (Å²) < 4.78 is 5.27. The van der Waals surface area contributed by atoms with Gasteiger partial charge in [-0.05, 0) is 17.7 Å². The molecular weight excluding hydrogens is 286 g/mol. The van der Waals surface area contributed by atoms with Crippen LogP contribution in [0.2, 0.25) is 0 Å². The van der Waals surface area contributed by atoms with Gasteiger partial charge in [-0.25, -0.2) is 15.0 Å². The number of rotatable bonds is 5. The van der Waals surface area contributed by atoms with Gasteiger partial charge in [-0.15, -0.1) is 0 Å². The number of nitrogens with two attached hydrogens (primary N) is 1.